The molecule has 0 atom stereocenters. The number of nitrogens with one attached hydrogen (secondary N) is 1. The van der Waals surface area contributed by atoms with Gasteiger partial charge in [-0.25, -0.2) is 9.48 Å². The molecule has 1 amide bonds. The molecule has 0 unspecified atom stereocenters. The Labute approximate surface area is 149 Å². The van der Waals surface area contributed by atoms with Crippen LogP contribution in [0.25, 0.3) is 0 Å². The summed E-state index contributed by atoms with van der Waals surface area (Å²) >= 11 is 1.50. The van der Waals surface area contributed by atoms with Crippen molar-refractivity contribution in [2.75, 3.05) is 18.2 Å². The van der Waals surface area contributed by atoms with E-state index in [1.807, 2.05) is 31.4 Å². The lowest BCUT2D eigenvalue weighted by Gasteiger charge is -2.10. The molecule has 0 aliphatic carbocycles. The summed E-state index contributed by atoms with van der Waals surface area (Å²) in [5, 5.41) is 6.64. The Balaban J connectivity index is 1.96. The molecule has 7 nitrogen and oxygen atoms in total. The van der Waals surface area contributed by atoms with E-state index in [4.69, 9.17) is 4.74 Å². The standard InChI is InChI=1S/C17H19N3O4S/c1-3-10-20-16(22)9-8-13(19-20)17(23)24-11-15(21)18-12-6-4-5-7-14(12)25-2/h4-9H,3,10-11H2,1-2H3,(H,18,21). The number of ether oxygens (including phenoxy) is 1. The van der Waals surface area contributed by atoms with E-state index < -0.39 is 18.5 Å². The van der Waals surface area contributed by atoms with Gasteiger partial charge in [0, 0.05) is 17.5 Å². The van der Waals surface area contributed by atoms with Crippen LogP contribution >= 0.6 is 11.8 Å². The Morgan fingerprint density at radius 2 is 2.00 bits per heavy atom. The van der Waals surface area contributed by atoms with E-state index in [0.717, 1.165) is 4.90 Å². The molecule has 1 aromatic carbocycles. The van der Waals surface area contributed by atoms with E-state index in [1.165, 1.54) is 28.6 Å². The number of anilines is 1. The van der Waals surface area contributed by atoms with Gasteiger partial charge in [-0.15, -0.1) is 11.8 Å². The van der Waals surface area contributed by atoms with Crippen LogP contribution in [0.15, 0.2) is 46.1 Å². The third-order valence-corrected chi connectivity index (χ3v) is 4.02. The van der Waals surface area contributed by atoms with Gasteiger partial charge in [0.2, 0.25) is 0 Å². The van der Waals surface area contributed by atoms with Gasteiger partial charge < -0.3 is 10.1 Å². The molecule has 1 aromatic heterocycles. The summed E-state index contributed by atoms with van der Waals surface area (Å²) in [6.45, 7) is 1.87. The monoisotopic (exact) mass is 361 g/mol. The van der Waals surface area contributed by atoms with E-state index >= 15 is 0 Å². The maximum atomic E-state index is 12.0. The highest BCUT2D eigenvalue weighted by atomic mass is 32.2. The molecule has 132 valence electrons. The van der Waals surface area contributed by atoms with Gasteiger partial charge in [-0.3, -0.25) is 9.59 Å². The van der Waals surface area contributed by atoms with Crippen molar-refractivity contribution in [3.05, 3.63) is 52.4 Å². The van der Waals surface area contributed by atoms with Gasteiger partial charge in [-0.2, -0.15) is 5.10 Å². The van der Waals surface area contributed by atoms with Crippen LogP contribution in [0.3, 0.4) is 0 Å². The summed E-state index contributed by atoms with van der Waals surface area (Å²) in [5.41, 5.74) is 0.362. The van der Waals surface area contributed by atoms with Crippen molar-refractivity contribution in [2.45, 2.75) is 24.8 Å². The first-order chi connectivity index (χ1) is 12.0. The number of aryl methyl sites for hydroxylation is 1. The number of hydrogen-bond acceptors (Lipinski definition) is 6. The molecule has 2 rings (SSSR count). The van der Waals surface area contributed by atoms with E-state index in [2.05, 4.69) is 10.4 Å². The van der Waals surface area contributed by atoms with Crippen molar-refractivity contribution < 1.29 is 14.3 Å². The van der Waals surface area contributed by atoms with Crippen LogP contribution < -0.4 is 10.9 Å². The molecule has 0 radical (unpaired) electrons. The van der Waals surface area contributed by atoms with Crippen LogP contribution in [0.2, 0.25) is 0 Å². The molecule has 0 aliphatic heterocycles. The largest absolute Gasteiger partial charge is 0.451 e. The Morgan fingerprint density at radius 1 is 1.24 bits per heavy atom. The van der Waals surface area contributed by atoms with Gasteiger partial charge in [0.05, 0.1) is 5.69 Å². The summed E-state index contributed by atoms with van der Waals surface area (Å²) in [4.78, 5) is 36.5. The number of para-hydroxylation sites is 1. The first-order valence-corrected chi connectivity index (χ1v) is 8.95. The van der Waals surface area contributed by atoms with Gasteiger partial charge in [-0.1, -0.05) is 19.1 Å². The maximum Gasteiger partial charge on any atom is 0.359 e. The van der Waals surface area contributed by atoms with Gasteiger partial charge in [0.1, 0.15) is 0 Å². The van der Waals surface area contributed by atoms with Gasteiger partial charge in [0.25, 0.3) is 11.5 Å². The van der Waals surface area contributed by atoms with Crippen LogP contribution in [-0.2, 0) is 16.1 Å². The van der Waals surface area contributed by atoms with Crippen LogP contribution in [0, 0.1) is 0 Å². The minimum Gasteiger partial charge on any atom is -0.451 e. The predicted molar refractivity (Wildman–Crippen MR) is 95.9 cm³/mol. The summed E-state index contributed by atoms with van der Waals surface area (Å²) in [6, 6.07) is 9.88. The van der Waals surface area contributed by atoms with Crippen LogP contribution in [0.4, 0.5) is 5.69 Å². The lowest BCUT2D eigenvalue weighted by atomic mass is 10.3. The van der Waals surface area contributed by atoms with Crippen molar-refractivity contribution >= 4 is 29.3 Å². The highest BCUT2D eigenvalue weighted by molar-refractivity contribution is 7.98. The van der Waals surface area contributed by atoms with E-state index in [9.17, 15) is 14.4 Å². The van der Waals surface area contributed by atoms with Gasteiger partial charge >= 0.3 is 5.97 Å². The Morgan fingerprint density at radius 3 is 2.72 bits per heavy atom. The SMILES string of the molecule is CCCn1nc(C(=O)OCC(=O)Nc2ccccc2SC)ccc1=O. The molecule has 2 aromatic rings. The molecule has 0 fully saturated rings. The number of carbonyl (C=O) groups excluding carboxylic acids is 2. The average molecular weight is 361 g/mol. The lowest BCUT2D eigenvalue weighted by molar-refractivity contribution is -0.119. The average Bonchev–Trinajstić information content (AvgIpc) is 2.62. The first kappa shape index (κ1) is 18.7. The molecule has 0 bridgehead atoms. The third kappa shape index (κ3) is 5.18. The normalized spacial score (nSPS) is 10.3. The van der Waals surface area contributed by atoms with E-state index in [1.54, 1.807) is 6.07 Å². The summed E-state index contributed by atoms with van der Waals surface area (Å²) in [7, 11) is 0. The number of amides is 1. The summed E-state index contributed by atoms with van der Waals surface area (Å²) in [5.74, 6) is -1.20. The smallest absolute Gasteiger partial charge is 0.359 e. The number of carbonyl (C=O) groups is 2. The number of rotatable bonds is 7. The fourth-order valence-electron chi connectivity index (χ4n) is 2.07. The van der Waals surface area contributed by atoms with E-state index in [0.29, 0.717) is 18.7 Å². The first-order valence-electron chi connectivity index (χ1n) is 7.73. The number of esters is 1. The number of aromatic nitrogens is 2. The van der Waals surface area contributed by atoms with E-state index in [-0.39, 0.29) is 11.3 Å². The summed E-state index contributed by atoms with van der Waals surface area (Å²) in [6.07, 6.45) is 2.62. The minimum absolute atomic E-state index is 0.00892. The second-order valence-corrected chi connectivity index (χ2v) is 5.95. The fraction of sp³-hybridized carbons (Fsp3) is 0.294. The molecule has 1 heterocycles. The quantitative estimate of drug-likeness (QED) is 0.600. The zero-order valence-electron chi connectivity index (χ0n) is 14.0. The van der Waals surface area contributed by atoms with Crippen molar-refractivity contribution in [1.82, 2.24) is 9.78 Å². The molecule has 1 N–H and O–H groups in total. The number of nitrogens with zero attached hydrogens (tertiary/aromatic N) is 2. The molecule has 8 heteroatoms. The Bertz CT molecular complexity index is 820. The molecule has 25 heavy (non-hydrogen) atoms. The molecular formula is C17H19N3O4S. The van der Waals surface area contributed by atoms with Crippen molar-refractivity contribution in [3.63, 3.8) is 0 Å². The topological polar surface area (TPSA) is 90.3 Å². The Kier molecular flexibility index (Phi) is 6.76. The molecule has 0 aliphatic rings. The summed E-state index contributed by atoms with van der Waals surface area (Å²) < 4.78 is 6.17. The number of hydrogen-bond donors (Lipinski definition) is 1. The predicted octanol–water partition coefficient (Wildman–Crippen LogP) is 2.17. The molecule has 0 saturated carbocycles. The number of thioether (sulfide) groups is 1. The van der Waals surface area contributed by atoms with Crippen molar-refractivity contribution in [2.24, 2.45) is 0 Å². The molecule has 0 saturated heterocycles. The fourth-order valence-corrected chi connectivity index (χ4v) is 2.62. The second kappa shape index (κ2) is 9.03. The number of benzene rings is 1. The third-order valence-electron chi connectivity index (χ3n) is 3.23. The van der Waals surface area contributed by atoms with Crippen LogP contribution in [0.1, 0.15) is 23.8 Å². The van der Waals surface area contributed by atoms with Crippen LogP contribution in [-0.4, -0.2) is 34.5 Å². The van der Waals surface area contributed by atoms with Gasteiger partial charge in [-0.05, 0) is 30.9 Å². The highest BCUT2D eigenvalue weighted by Crippen LogP contribution is 2.24. The van der Waals surface area contributed by atoms with Crippen molar-refractivity contribution in [3.8, 4) is 0 Å². The zero-order valence-corrected chi connectivity index (χ0v) is 14.8. The highest BCUT2D eigenvalue weighted by Gasteiger charge is 2.14. The second-order valence-electron chi connectivity index (χ2n) is 5.10. The molecular weight excluding hydrogens is 342 g/mol. The van der Waals surface area contributed by atoms with Crippen molar-refractivity contribution in [1.29, 1.82) is 0 Å². The minimum atomic E-state index is -0.752. The van der Waals surface area contributed by atoms with Gasteiger partial charge in [0.15, 0.2) is 12.3 Å². The lowest BCUT2D eigenvalue weighted by Crippen LogP contribution is -2.26. The maximum absolute atomic E-state index is 12.0. The zero-order chi connectivity index (χ0) is 18.2. The Hall–Kier alpha value is -2.61. The van der Waals surface area contributed by atoms with Crippen LogP contribution in [0.5, 0.6) is 0 Å². The molecule has 0 spiro atoms.